The van der Waals surface area contributed by atoms with Crippen LogP contribution < -0.4 is 10.2 Å². The SMILES string of the molecule is C[C@@H](c1nc(C(C)(C)C)no1)N1CCCc2c(NC(=O)c3ccc(F)cc3)cccc21. The first-order valence-corrected chi connectivity index (χ1v) is 10.5. The van der Waals surface area contributed by atoms with Gasteiger partial charge < -0.3 is 14.7 Å². The molecule has 0 radical (unpaired) electrons. The molecule has 31 heavy (non-hydrogen) atoms. The van der Waals surface area contributed by atoms with Crippen LogP contribution in [0.3, 0.4) is 0 Å². The lowest BCUT2D eigenvalue weighted by atomic mass is 9.96. The molecule has 1 atom stereocenters. The molecule has 0 fully saturated rings. The smallest absolute Gasteiger partial charge is 0.255 e. The van der Waals surface area contributed by atoms with Crippen molar-refractivity contribution in [2.24, 2.45) is 0 Å². The number of aromatic nitrogens is 2. The first-order chi connectivity index (χ1) is 14.7. The van der Waals surface area contributed by atoms with E-state index < -0.39 is 0 Å². The van der Waals surface area contributed by atoms with Gasteiger partial charge >= 0.3 is 0 Å². The number of carbonyl (C=O) groups is 1. The van der Waals surface area contributed by atoms with Crippen LogP contribution in [0.25, 0.3) is 0 Å². The third kappa shape index (κ3) is 4.31. The molecule has 0 spiro atoms. The quantitative estimate of drug-likeness (QED) is 0.620. The summed E-state index contributed by atoms with van der Waals surface area (Å²) >= 11 is 0. The van der Waals surface area contributed by atoms with Gasteiger partial charge in [0.1, 0.15) is 11.9 Å². The summed E-state index contributed by atoms with van der Waals surface area (Å²) in [5.74, 6) is 0.643. The summed E-state index contributed by atoms with van der Waals surface area (Å²) in [6.07, 6.45) is 1.80. The van der Waals surface area contributed by atoms with Gasteiger partial charge in [0.15, 0.2) is 5.82 Å². The average Bonchev–Trinajstić information content (AvgIpc) is 3.24. The lowest BCUT2D eigenvalue weighted by Crippen LogP contribution is -2.33. The molecule has 0 saturated heterocycles. The Kier molecular flexibility index (Phi) is 5.52. The van der Waals surface area contributed by atoms with Gasteiger partial charge in [-0.3, -0.25) is 4.79 Å². The van der Waals surface area contributed by atoms with Crippen LogP contribution in [-0.4, -0.2) is 22.6 Å². The highest BCUT2D eigenvalue weighted by atomic mass is 19.1. The molecule has 7 heteroatoms. The number of rotatable bonds is 4. The second-order valence-electron chi connectivity index (χ2n) is 8.94. The minimum absolute atomic E-state index is 0.0919. The number of nitrogens with zero attached hydrogens (tertiary/aromatic N) is 3. The molecule has 0 aliphatic carbocycles. The van der Waals surface area contributed by atoms with E-state index in [0.29, 0.717) is 17.3 Å². The molecule has 0 saturated carbocycles. The molecule has 3 aromatic rings. The molecule has 6 nitrogen and oxygen atoms in total. The molecule has 0 unspecified atom stereocenters. The van der Waals surface area contributed by atoms with Crippen molar-refractivity contribution in [3.05, 3.63) is 71.1 Å². The lowest BCUT2D eigenvalue weighted by molar-refractivity contribution is 0.102. The molecule has 2 heterocycles. The Balaban J connectivity index is 1.60. The van der Waals surface area contributed by atoms with Crippen molar-refractivity contribution in [1.82, 2.24) is 10.1 Å². The van der Waals surface area contributed by atoms with Gasteiger partial charge in [-0.05, 0) is 61.7 Å². The number of hydrogen-bond acceptors (Lipinski definition) is 5. The number of benzene rings is 2. The highest BCUT2D eigenvalue weighted by molar-refractivity contribution is 6.05. The number of hydrogen-bond donors (Lipinski definition) is 1. The average molecular weight is 423 g/mol. The monoisotopic (exact) mass is 422 g/mol. The van der Waals surface area contributed by atoms with E-state index in [-0.39, 0.29) is 23.2 Å². The van der Waals surface area contributed by atoms with Crippen molar-refractivity contribution in [2.45, 2.75) is 52.0 Å². The first-order valence-electron chi connectivity index (χ1n) is 10.5. The zero-order chi connectivity index (χ0) is 22.2. The summed E-state index contributed by atoms with van der Waals surface area (Å²) in [4.78, 5) is 19.5. The molecule has 1 aromatic heterocycles. The summed E-state index contributed by atoms with van der Waals surface area (Å²) in [7, 11) is 0. The van der Waals surface area contributed by atoms with Gasteiger partial charge in [-0.25, -0.2) is 4.39 Å². The zero-order valence-electron chi connectivity index (χ0n) is 18.3. The number of halogens is 1. The van der Waals surface area contributed by atoms with Crippen molar-refractivity contribution in [2.75, 3.05) is 16.8 Å². The van der Waals surface area contributed by atoms with Gasteiger partial charge in [0, 0.05) is 28.9 Å². The standard InChI is InChI=1S/C24H27FN4O2/c1-15(22-27-23(28-31-22)24(2,3)4)29-14-6-7-18-19(8-5-9-20(18)29)26-21(30)16-10-12-17(25)13-11-16/h5,8-13,15H,6-7,14H2,1-4H3,(H,26,30)/t15-/m0/s1. The van der Waals surface area contributed by atoms with Crippen LogP contribution in [0, 0.1) is 5.82 Å². The topological polar surface area (TPSA) is 71.3 Å². The van der Waals surface area contributed by atoms with Gasteiger partial charge in [-0.1, -0.05) is 32.0 Å². The normalized spacial score (nSPS) is 14.8. The van der Waals surface area contributed by atoms with Crippen LogP contribution in [0.1, 0.15) is 67.8 Å². The van der Waals surface area contributed by atoms with E-state index in [4.69, 9.17) is 4.52 Å². The van der Waals surface area contributed by atoms with Crippen LogP contribution in [0.15, 0.2) is 47.0 Å². The van der Waals surface area contributed by atoms with Gasteiger partial charge in [-0.15, -0.1) is 0 Å². The molecule has 1 N–H and O–H groups in total. The van der Waals surface area contributed by atoms with Crippen LogP contribution in [0.4, 0.5) is 15.8 Å². The van der Waals surface area contributed by atoms with Gasteiger partial charge in [-0.2, -0.15) is 4.98 Å². The minimum atomic E-state index is -0.367. The number of nitrogens with one attached hydrogen (secondary N) is 1. The van der Waals surface area contributed by atoms with Crippen LogP contribution in [0.2, 0.25) is 0 Å². The third-order valence-corrected chi connectivity index (χ3v) is 5.58. The van der Waals surface area contributed by atoms with Crippen LogP contribution in [0.5, 0.6) is 0 Å². The molecule has 1 aliphatic rings. The summed E-state index contributed by atoms with van der Waals surface area (Å²) < 4.78 is 18.8. The molecule has 1 amide bonds. The lowest BCUT2D eigenvalue weighted by Gasteiger charge is -2.35. The number of carbonyl (C=O) groups excluding carboxylic acids is 1. The Bertz CT molecular complexity index is 1090. The molecule has 4 rings (SSSR count). The third-order valence-electron chi connectivity index (χ3n) is 5.58. The zero-order valence-corrected chi connectivity index (χ0v) is 18.3. The molecule has 1 aliphatic heterocycles. The summed E-state index contributed by atoms with van der Waals surface area (Å²) in [6, 6.07) is 11.3. The molecule has 0 bridgehead atoms. The predicted octanol–water partition coefficient (Wildman–Crippen LogP) is 5.27. The number of fused-ring (bicyclic) bond motifs is 1. The fraction of sp³-hybridized carbons (Fsp3) is 0.375. The fourth-order valence-corrected chi connectivity index (χ4v) is 3.81. The number of anilines is 2. The predicted molar refractivity (Wildman–Crippen MR) is 118 cm³/mol. The van der Waals surface area contributed by atoms with Crippen molar-refractivity contribution < 1.29 is 13.7 Å². The van der Waals surface area contributed by atoms with E-state index in [1.54, 1.807) is 0 Å². The highest BCUT2D eigenvalue weighted by Crippen LogP contribution is 2.37. The Morgan fingerprint density at radius 2 is 1.94 bits per heavy atom. The second-order valence-corrected chi connectivity index (χ2v) is 8.94. The van der Waals surface area contributed by atoms with E-state index in [1.165, 1.54) is 24.3 Å². The maximum absolute atomic E-state index is 13.2. The molecular formula is C24H27FN4O2. The Hall–Kier alpha value is -3.22. The van der Waals surface area contributed by atoms with Crippen molar-refractivity contribution in [1.29, 1.82) is 0 Å². The maximum atomic E-state index is 13.2. The highest BCUT2D eigenvalue weighted by Gasteiger charge is 2.29. The molecule has 162 valence electrons. The summed E-state index contributed by atoms with van der Waals surface area (Å²) in [5.41, 5.74) is 3.13. The van der Waals surface area contributed by atoms with E-state index in [0.717, 1.165) is 36.3 Å². The van der Waals surface area contributed by atoms with Crippen molar-refractivity contribution >= 4 is 17.3 Å². The largest absolute Gasteiger partial charge is 0.359 e. The molecular weight excluding hydrogens is 395 g/mol. The van der Waals surface area contributed by atoms with Crippen LogP contribution >= 0.6 is 0 Å². The number of amides is 1. The Morgan fingerprint density at radius 3 is 2.61 bits per heavy atom. The van der Waals surface area contributed by atoms with Gasteiger partial charge in [0.25, 0.3) is 5.91 Å². The van der Waals surface area contributed by atoms with Crippen molar-refractivity contribution in [3.63, 3.8) is 0 Å². The Labute approximate surface area is 181 Å². The van der Waals surface area contributed by atoms with Gasteiger partial charge in [0.05, 0.1) is 0 Å². The van der Waals surface area contributed by atoms with E-state index >= 15 is 0 Å². The fourth-order valence-electron chi connectivity index (χ4n) is 3.81. The van der Waals surface area contributed by atoms with E-state index in [2.05, 4.69) is 54.1 Å². The van der Waals surface area contributed by atoms with Crippen LogP contribution in [-0.2, 0) is 11.8 Å². The van der Waals surface area contributed by atoms with E-state index in [1.807, 2.05) is 12.1 Å². The van der Waals surface area contributed by atoms with E-state index in [9.17, 15) is 9.18 Å². The van der Waals surface area contributed by atoms with Gasteiger partial charge in [0.2, 0.25) is 5.89 Å². The molecule has 2 aromatic carbocycles. The first kappa shape index (κ1) is 21.0. The second kappa shape index (κ2) is 8.13. The summed E-state index contributed by atoms with van der Waals surface area (Å²) in [6.45, 7) is 9.07. The minimum Gasteiger partial charge on any atom is -0.359 e. The Morgan fingerprint density at radius 1 is 1.19 bits per heavy atom. The maximum Gasteiger partial charge on any atom is 0.255 e. The summed E-state index contributed by atoms with van der Waals surface area (Å²) in [5, 5.41) is 7.15. The van der Waals surface area contributed by atoms with Crippen molar-refractivity contribution in [3.8, 4) is 0 Å².